The molecule has 0 aliphatic rings. The standard InChI is InChI=1S/C24H21ClN6O3S/c1-13(14-6-4-3-5-7-14)31(26)23(34)15-8-9-18(25)19(11-15)28-21(32)17-10-16-12-27-24(35-2)30-20(16)29-22(17)33/h3-13H,26H2,1-2H3,(H,28,32)(H,27,29,30,33). The van der Waals surface area contributed by atoms with Crippen molar-refractivity contribution in [3.63, 3.8) is 0 Å². The summed E-state index contributed by atoms with van der Waals surface area (Å²) in [6.07, 6.45) is 3.34. The largest absolute Gasteiger partial charge is 0.320 e. The van der Waals surface area contributed by atoms with Gasteiger partial charge in [0.05, 0.1) is 16.8 Å². The zero-order chi connectivity index (χ0) is 25.1. The van der Waals surface area contributed by atoms with Crippen LogP contribution in [0.5, 0.6) is 0 Å². The minimum atomic E-state index is -0.698. The lowest BCUT2D eigenvalue weighted by molar-refractivity contribution is 0.0690. The van der Waals surface area contributed by atoms with Crippen LogP contribution >= 0.6 is 23.4 Å². The van der Waals surface area contributed by atoms with E-state index in [1.807, 2.05) is 43.5 Å². The molecule has 1 unspecified atom stereocenters. The fourth-order valence-electron chi connectivity index (χ4n) is 3.40. The Morgan fingerprint density at radius 1 is 1.17 bits per heavy atom. The molecule has 4 rings (SSSR count). The lowest BCUT2D eigenvalue weighted by Crippen LogP contribution is -2.39. The fraction of sp³-hybridized carbons (Fsp3) is 0.125. The molecule has 0 aliphatic carbocycles. The maximum atomic E-state index is 13.0. The molecular formula is C24H21ClN6O3S. The van der Waals surface area contributed by atoms with Crippen LogP contribution in [0.1, 0.15) is 39.2 Å². The number of hydrogen-bond acceptors (Lipinski definition) is 7. The number of H-pyrrole nitrogens is 1. The molecule has 9 nitrogen and oxygen atoms in total. The maximum Gasteiger partial charge on any atom is 0.268 e. The number of aromatic nitrogens is 3. The molecule has 2 heterocycles. The second-order valence-electron chi connectivity index (χ2n) is 7.62. The van der Waals surface area contributed by atoms with Crippen LogP contribution in [0.25, 0.3) is 11.0 Å². The van der Waals surface area contributed by atoms with Gasteiger partial charge in [-0.25, -0.2) is 15.8 Å². The molecule has 0 saturated heterocycles. The number of fused-ring (bicyclic) bond motifs is 1. The number of hydrazine groups is 1. The fourth-order valence-corrected chi connectivity index (χ4v) is 3.91. The monoisotopic (exact) mass is 508 g/mol. The van der Waals surface area contributed by atoms with Gasteiger partial charge in [-0.3, -0.25) is 19.4 Å². The number of amides is 2. The predicted molar refractivity (Wildman–Crippen MR) is 137 cm³/mol. The zero-order valence-corrected chi connectivity index (χ0v) is 20.4. The van der Waals surface area contributed by atoms with E-state index in [9.17, 15) is 14.4 Å². The average Bonchev–Trinajstić information content (AvgIpc) is 2.88. The molecule has 4 aromatic rings. The van der Waals surface area contributed by atoms with E-state index in [0.717, 1.165) is 10.6 Å². The molecule has 1 atom stereocenters. The molecule has 0 bridgehead atoms. The van der Waals surface area contributed by atoms with E-state index in [1.54, 1.807) is 0 Å². The Hall–Kier alpha value is -3.73. The van der Waals surface area contributed by atoms with Crippen molar-refractivity contribution in [2.75, 3.05) is 11.6 Å². The number of thioether (sulfide) groups is 1. The summed E-state index contributed by atoms with van der Waals surface area (Å²) in [5, 5.41) is 4.90. The van der Waals surface area contributed by atoms with Gasteiger partial charge in [-0.15, -0.1) is 0 Å². The summed E-state index contributed by atoms with van der Waals surface area (Å²) in [6.45, 7) is 1.81. The quantitative estimate of drug-likeness (QED) is 0.118. The van der Waals surface area contributed by atoms with Gasteiger partial charge >= 0.3 is 0 Å². The van der Waals surface area contributed by atoms with Gasteiger partial charge in [-0.1, -0.05) is 53.7 Å². The summed E-state index contributed by atoms with van der Waals surface area (Å²) in [7, 11) is 0. The lowest BCUT2D eigenvalue weighted by Gasteiger charge is -2.25. The second-order valence-corrected chi connectivity index (χ2v) is 8.80. The van der Waals surface area contributed by atoms with Crippen LogP contribution in [0.4, 0.5) is 5.69 Å². The predicted octanol–water partition coefficient (Wildman–Crippen LogP) is 4.02. The number of nitrogens with two attached hydrogens (primary N) is 1. The third kappa shape index (κ3) is 5.19. The first kappa shape index (κ1) is 24.4. The van der Waals surface area contributed by atoms with Crippen LogP contribution in [0.3, 0.4) is 0 Å². The molecule has 2 aromatic heterocycles. The first-order valence-corrected chi connectivity index (χ1v) is 12.1. The van der Waals surface area contributed by atoms with Crippen molar-refractivity contribution in [3.05, 3.63) is 92.9 Å². The SMILES string of the molecule is CSc1ncc2cc(C(=O)Nc3cc(C(=O)N(N)C(C)c4ccccc4)ccc3Cl)c(=O)[nH]c2n1. The molecule has 4 N–H and O–H groups in total. The molecule has 0 aliphatic heterocycles. The summed E-state index contributed by atoms with van der Waals surface area (Å²) >= 11 is 7.59. The molecule has 2 amide bonds. The number of carbonyl (C=O) groups is 2. The highest BCUT2D eigenvalue weighted by molar-refractivity contribution is 7.98. The Kier molecular flexibility index (Phi) is 7.15. The number of nitrogens with one attached hydrogen (secondary N) is 2. The molecule has 35 heavy (non-hydrogen) atoms. The summed E-state index contributed by atoms with van der Waals surface area (Å²) in [5.41, 5.74) is 0.817. The summed E-state index contributed by atoms with van der Waals surface area (Å²) in [5.74, 6) is 4.95. The smallest absolute Gasteiger partial charge is 0.268 e. The minimum absolute atomic E-state index is 0.149. The maximum absolute atomic E-state index is 13.0. The van der Waals surface area contributed by atoms with Crippen LogP contribution < -0.4 is 16.7 Å². The van der Waals surface area contributed by atoms with E-state index >= 15 is 0 Å². The van der Waals surface area contributed by atoms with Gasteiger partial charge in [0.15, 0.2) is 5.16 Å². The third-order valence-electron chi connectivity index (χ3n) is 5.39. The van der Waals surface area contributed by atoms with Crippen molar-refractivity contribution >= 4 is 51.9 Å². The number of pyridine rings is 1. The van der Waals surface area contributed by atoms with E-state index in [4.69, 9.17) is 17.4 Å². The van der Waals surface area contributed by atoms with E-state index in [1.165, 1.54) is 42.2 Å². The number of hydrogen-bond donors (Lipinski definition) is 3. The molecule has 11 heteroatoms. The van der Waals surface area contributed by atoms with E-state index in [-0.39, 0.29) is 27.9 Å². The van der Waals surface area contributed by atoms with Crippen molar-refractivity contribution in [2.24, 2.45) is 5.84 Å². The molecular weight excluding hydrogens is 488 g/mol. The highest BCUT2D eigenvalue weighted by atomic mass is 35.5. The Bertz CT molecular complexity index is 1480. The topological polar surface area (TPSA) is 134 Å². The Balaban J connectivity index is 1.58. The molecule has 0 fully saturated rings. The van der Waals surface area contributed by atoms with Gasteiger partial charge in [0.1, 0.15) is 11.2 Å². The lowest BCUT2D eigenvalue weighted by atomic mass is 10.1. The Labute approximate surface area is 209 Å². The van der Waals surface area contributed by atoms with Crippen molar-refractivity contribution in [1.29, 1.82) is 0 Å². The van der Waals surface area contributed by atoms with Gasteiger partial charge in [0.25, 0.3) is 17.4 Å². The van der Waals surface area contributed by atoms with E-state index in [0.29, 0.717) is 16.2 Å². The highest BCUT2D eigenvalue weighted by Gasteiger charge is 2.21. The average molecular weight is 509 g/mol. The van der Waals surface area contributed by atoms with Crippen LogP contribution in [0.2, 0.25) is 5.02 Å². The molecule has 2 aromatic carbocycles. The number of nitrogens with zero attached hydrogens (tertiary/aromatic N) is 3. The summed E-state index contributed by atoms with van der Waals surface area (Å²) in [4.78, 5) is 49.4. The normalized spacial score (nSPS) is 11.8. The van der Waals surface area contributed by atoms with Crippen LogP contribution in [0, 0.1) is 0 Å². The van der Waals surface area contributed by atoms with Crippen molar-refractivity contribution < 1.29 is 9.59 Å². The van der Waals surface area contributed by atoms with Gasteiger partial charge in [-0.05, 0) is 43.0 Å². The first-order valence-electron chi connectivity index (χ1n) is 10.5. The van der Waals surface area contributed by atoms with Crippen molar-refractivity contribution in [1.82, 2.24) is 20.0 Å². The summed E-state index contributed by atoms with van der Waals surface area (Å²) in [6, 6.07) is 14.8. The van der Waals surface area contributed by atoms with Gasteiger partial charge in [-0.2, -0.15) is 0 Å². The zero-order valence-electron chi connectivity index (χ0n) is 18.8. The minimum Gasteiger partial charge on any atom is -0.320 e. The number of carbonyl (C=O) groups excluding carboxylic acids is 2. The van der Waals surface area contributed by atoms with E-state index < -0.39 is 17.4 Å². The Morgan fingerprint density at radius 2 is 1.91 bits per heavy atom. The molecule has 178 valence electrons. The number of rotatable bonds is 6. The van der Waals surface area contributed by atoms with Crippen LogP contribution in [-0.2, 0) is 0 Å². The van der Waals surface area contributed by atoms with Crippen molar-refractivity contribution in [2.45, 2.75) is 18.1 Å². The van der Waals surface area contributed by atoms with Gasteiger partial charge in [0.2, 0.25) is 0 Å². The second kappa shape index (κ2) is 10.3. The third-order valence-corrected chi connectivity index (χ3v) is 6.29. The van der Waals surface area contributed by atoms with Crippen molar-refractivity contribution in [3.8, 4) is 0 Å². The Morgan fingerprint density at radius 3 is 2.63 bits per heavy atom. The van der Waals surface area contributed by atoms with Gasteiger partial charge in [0, 0.05) is 17.1 Å². The number of benzene rings is 2. The highest BCUT2D eigenvalue weighted by Crippen LogP contribution is 2.26. The van der Waals surface area contributed by atoms with Crippen LogP contribution in [-0.4, -0.2) is 38.0 Å². The number of aromatic amines is 1. The number of anilines is 1. The number of halogens is 1. The van der Waals surface area contributed by atoms with Gasteiger partial charge < -0.3 is 10.3 Å². The molecule has 0 radical (unpaired) electrons. The molecule has 0 saturated carbocycles. The summed E-state index contributed by atoms with van der Waals surface area (Å²) < 4.78 is 0. The van der Waals surface area contributed by atoms with Crippen LogP contribution in [0.15, 0.2) is 70.7 Å². The van der Waals surface area contributed by atoms with E-state index in [2.05, 4.69) is 20.3 Å². The molecule has 0 spiro atoms. The first-order chi connectivity index (χ1) is 16.8.